The predicted molar refractivity (Wildman–Crippen MR) is 76.4 cm³/mol. The van der Waals surface area contributed by atoms with Crippen LogP contribution in [0.3, 0.4) is 0 Å². The Hall–Kier alpha value is -1.38. The van der Waals surface area contributed by atoms with E-state index in [0.29, 0.717) is 28.1 Å². The third kappa shape index (κ3) is 3.09. The van der Waals surface area contributed by atoms with Crippen LogP contribution in [0.15, 0.2) is 36.4 Å². The van der Waals surface area contributed by atoms with Gasteiger partial charge in [-0.2, -0.15) is 0 Å². The van der Waals surface area contributed by atoms with Crippen molar-refractivity contribution >= 4 is 28.9 Å². The van der Waals surface area contributed by atoms with Crippen molar-refractivity contribution in [3.63, 3.8) is 0 Å². The molecule has 0 radical (unpaired) electrons. The van der Waals surface area contributed by atoms with Crippen LogP contribution in [0.25, 0.3) is 0 Å². The SMILES string of the molecule is Cc1cccc(COc2cc(Cl)c(Cl)cc2N)c1. The minimum atomic E-state index is 0.428. The van der Waals surface area contributed by atoms with Gasteiger partial charge in [-0.15, -0.1) is 0 Å². The molecule has 2 aromatic rings. The summed E-state index contributed by atoms with van der Waals surface area (Å²) >= 11 is 11.8. The second kappa shape index (κ2) is 5.51. The molecule has 0 aliphatic carbocycles. The second-order valence-corrected chi connectivity index (χ2v) is 4.90. The molecule has 0 amide bonds. The number of nitrogens with two attached hydrogens (primary N) is 1. The lowest BCUT2D eigenvalue weighted by Crippen LogP contribution is -1.99. The molecule has 0 unspecified atom stereocenters. The highest BCUT2D eigenvalue weighted by Crippen LogP contribution is 2.32. The highest BCUT2D eigenvalue weighted by Gasteiger charge is 2.06. The van der Waals surface area contributed by atoms with Crippen LogP contribution in [-0.2, 0) is 6.61 Å². The van der Waals surface area contributed by atoms with Gasteiger partial charge in [-0.3, -0.25) is 0 Å². The van der Waals surface area contributed by atoms with E-state index in [0.717, 1.165) is 5.56 Å². The number of halogens is 2. The Labute approximate surface area is 116 Å². The number of ether oxygens (including phenoxy) is 1. The van der Waals surface area contributed by atoms with Gasteiger partial charge in [-0.25, -0.2) is 0 Å². The van der Waals surface area contributed by atoms with E-state index in [4.69, 9.17) is 33.7 Å². The van der Waals surface area contributed by atoms with E-state index in [1.54, 1.807) is 12.1 Å². The lowest BCUT2D eigenvalue weighted by Gasteiger charge is -2.10. The molecule has 2 aromatic carbocycles. The highest BCUT2D eigenvalue weighted by molar-refractivity contribution is 6.42. The molecule has 0 spiro atoms. The Bertz CT molecular complexity index is 570. The van der Waals surface area contributed by atoms with Gasteiger partial charge in [0.05, 0.1) is 15.7 Å². The molecule has 2 nitrogen and oxygen atoms in total. The number of hydrogen-bond donors (Lipinski definition) is 1. The first-order valence-electron chi connectivity index (χ1n) is 5.49. The number of aryl methyl sites for hydroxylation is 1. The summed E-state index contributed by atoms with van der Waals surface area (Å²) in [6, 6.07) is 11.3. The van der Waals surface area contributed by atoms with Crippen LogP contribution in [-0.4, -0.2) is 0 Å². The van der Waals surface area contributed by atoms with Gasteiger partial charge in [-0.05, 0) is 18.6 Å². The van der Waals surface area contributed by atoms with Gasteiger partial charge in [0.2, 0.25) is 0 Å². The first-order valence-corrected chi connectivity index (χ1v) is 6.24. The zero-order valence-electron chi connectivity index (χ0n) is 9.91. The standard InChI is InChI=1S/C14H13Cl2NO/c1-9-3-2-4-10(5-9)8-18-14-7-12(16)11(15)6-13(14)17/h2-7H,8,17H2,1H3. The zero-order valence-corrected chi connectivity index (χ0v) is 11.4. The fourth-order valence-corrected chi connectivity index (χ4v) is 1.96. The van der Waals surface area contributed by atoms with Crippen LogP contribution in [0.5, 0.6) is 5.75 Å². The maximum absolute atomic E-state index is 5.93. The van der Waals surface area contributed by atoms with E-state index in [-0.39, 0.29) is 0 Å². The lowest BCUT2D eigenvalue weighted by atomic mass is 10.1. The van der Waals surface area contributed by atoms with E-state index in [1.165, 1.54) is 5.56 Å². The number of anilines is 1. The lowest BCUT2D eigenvalue weighted by molar-refractivity contribution is 0.308. The number of nitrogen functional groups attached to an aromatic ring is 1. The third-order valence-electron chi connectivity index (χ3n) is 2.53. The molecule has 94 valence electrons. The van der Waals surface area contributed by atoms with Crippen LogP contribution in [0.1, 0.15) is 11.1 Å². The molecule has 0 aromatic heterocycles. The average Bonchev–Trinajstić information content (AvgIpc) is 2.32. The quantitative estimate of drug-likeness (QED) is 0.843. The molecule has 0 fully saturated rings. The fraction of sp³-hybridized carbons (Fsp3) is 0.143. The van der Waals surface area contributed by atoms with E-state index in [9.17, 15) is 0 Å². The van der Waals surface area contributed by atoms with Gasteiger partial charge >= 0.3 is 0 Å². The van der Waals surface area contributed by atoms with Crippen molar-refractivity contribution in [1.82, 2.24) is 0 Å². The van der Waals surface area contributed by atoms with Crippen molar-refractivity contribution in [1.29, 1.82) is 0 Å². The Morgan fingerprint density at radius 3 is 2.56 bits per heavy atom. The van der Waals surface area contributed by atoms with Gasteiger partial charge in [0.15, 0.2) is 0 Å². The van der Waals surface area contributed by atoms with Crippen LogP contribution >= 0.6 is 23.2 Å². The van der Waals surface area contributed by atoms with Gasteiger partial charge in [-0.1, -0.05) is 53.0 Å². The highest BCUT2D eigenvalue weighted by atomic mass is 35.5. The largest absolute Gasteiger partial charge is 0.487 e. The van der Waals surface area contributed by atoms with Crippen molar-refractivity contribution in [3.05, 3.63) is 57.6 Å². The summed E-state index contributed by atoms with van der Waals surface area (Å²) in [7, 11) is 0. The van der Waals surface area contributed by atoms with Crippen molar-refractivity contribution in [2.75, 3.05) is 5.73 Å². The van der Waals surface area contributed by atoms with Gasteiger partial charge in [0.1, 0.15) is 12.4 Å². The number of hydrogen-bond acceptors (Lipinski definition) is 2. The summed E-state index contributed by atoms with van der Waals surface area (Å²) in [5.74, 6) is 0.547. The molecule has 4 heteroatoms. The molecular weight excluding hydrogens is 269 g/mol. The van der Waals surface area contributed by atoms with Crippen LogP contribution in [0, 0.1) is 6.92 Å². The van der Waals surface area contributed by atoms with Crippen LogP contribution < -0.4 is 10.5 Å². The van der Waals surface area contributed by atoms with Gasteiger partial charge < -0.3 is 10.5 Å². The molecule has 2 rings (SSSR count). The van der Waals surface area contributed by atoms with E-state index >= 15 is 0 Å². The number of benzene rings is 2. The Morgan fingerprint density at radius 2 is 1.83 bits per heavy atom. The molecule has 0 bridgehead atoms. The van der Waals surface area contributed by atoms with Crippen molar-refractivity contribution in [2.24, 2.45) is 0 Å². The van der Waals surface area contributed by atoms with Crippen molar-refractivity contribution in [3.8, 4) is 5.75 Å². The normalized spacial score (nSPS) is 10.4. The first kappa shape index (κ1) is 13.1. The topological polar surface area (TPSA) is 35.2 Å². The maximum Gasteiger partial charge on any atom is 0.144 e. The smallest absolute Gasteiger partial charge is 0.144 e. The zero-order chi connectivity index (χ0) is 13.1. The first-order chi connectivity index (χ1) is 8.56. The van der Waals surface area contributed by atoms with Gasteiger partial charge in [0, 0.05) is 6.07 Å². The van der Waals surface area contributed by atoms with Crippen LogP contribution in [0.4, 0.5) is 5.69 Å². The molecular formula is C14H13Cl2NO. The van der Waals surface area contributed by atoms with Crippen molar-refractivity contribution < 1.29 is 4.74 Å². The summed E-state index contributed by atoms with van der Waals surface area (Å²) < 4.78 is 5.65. The van der Waals surface area contributed by atoms with E-state index in [2.05, 4.69) is 6.07 Å². The summed E-state index contributed by atoms with van der Waals surface area (Å²) in [5.41, 5.74) is 8.58. The Morgan fingerprint density at radius 1 is 1.11 bits per heavy atom. The van der Waals surface area contributed by atoms with Gasteiger partial charge in [0.25, 0.3) is 0 Å². The molecule has 2 N–H and O–H groups in total. The average molecular weight is 282 g/mol. The molecule has 0 saturated heterocycles. The third-order valence-corrected chi connectivity index (χ3v) is 3.25. The Balaban J connectivity index is 2.13. The molecule has 0 saturated carbocycles. The summed E-state index contributed by atoms with van der Waals surface area (Å²) in [6.07, 6.45) is 0. The minimum Gasteiger partial charge on any atom is -0.487 e. The molecule has 0 aliphatic rings. The predicted octanol–water partition coefficient (Wildman–Crippen LogP) is 4.46. The fourth-order valence-electron chi connectivity index (χ4n) is 1.63. The minimum absolute atomic E-state index is 0.428. The van der Waals surface area contributed by atoms with Crippen LogP contribution in [0.2, 0.25) is 10.0 Å². The van der Waals surface area contributed by atoms with Crippen molar-refractivity contribution in [2.45, 2.75) is 13.5 Å². The molecule has 0 heterocycles. The van der Waals surface area contributed by atoms with E-state index < -0.39 is 0 Å². The molecule has 0 atom stereocenters. The molecule has 0 aliphatic heterocycles. The summed E-state index contributed by atoms with van der Waals surface area (Å²) in [5, 5.41) is 0.863. The van der Waals surface area contributed by atoms with E-state index in [1.807, 2.05) is 25.1 Å². The summed E-state index contributed by atoms with van der Waals surface area (Å²) in [4.78, 5) is 0. The molecule has 18 heavy (non-hydrogen) atoms. The monoisotopic (exact) mass is 281 g/mol. The Kier molecular flexibility index (Phi) is 4.00. The number of rotatable bonds is 3. The maximum atomic E-state index is 5.93. The summed E-state index contributed by atoms with van der Waals surface area (Å²) in [6.45, 7) is 2.49. The second-order valence-electron chi connectivity index (χ2n) is 4.08.